The molecule has 1 N–H and O–H groups in total. The number of benzene rings is 2. The standard InChI is InChI=1S/C19H23NO/c1-13(2)12-21-19-17(14(3)20-16-9-10-16)11-8-15-6-4-5-7-18(15)19/h4-8,11,14,16,20H,1,9-10,12H2,2-3H3. The summed E-state index contributed by atoms with van der Waals surface area (Å²) < 4.78 is 6.10. The van der Waals surface area contributed by atoms with Gasteiger partial charge in [0.05, 0.1) is 0 Å². The van der Waals surface area contributed by atoms with Crippen LogP contribution >= 0.6 is 0 Å². The van der Waals surface area contributed by atoms with E-state index in [1.54, 1.807) is 0 Å². The Morgan fingerprint density at radius 2 is 2.05 bits per heavy atom. The van der Waals surface area contributed by atoms with Crippen LogP contribution in [0.4, 0.5) is 0 Å². The lowest BCUT2D eigenvalue weighted by Crippen LogP contribution is -2.21. The van der Waals surface area contributed by atoms with Crippen molar-refractivity contribution in [3.8, 4) is 5.75 Å². The largest absolute Gasteiger partial charge is 0.488 e. The van der Waals surface area contributed by atoms with Gasteiger partial charge >= 0.3 is 0 Å². The van der Waals surface area contributed by atoms with Crippen molar-refractivity contribution in [1.82, 2.24) is 5.32 Å². The Morgan fingerprint density at radius 3 is 2.76 bits per heavy atom. The van der Waals surface area contributed by atoms with E-state index in [-0.39, 0.29) is 0 Å². The van der Waals surface area contributed by atoms with E-state index in [1.165, 1.54) is 29.2 Å². The van der Waals surface area contributed by atoms with Crippen LogP contribution in [-0.4, -0.2) is 12.6 Å². The third-order valence-corrected chi connectivity index (χ3v) is 3.90. The van der Waals surface area contributed by atoms with Crippen molar-refractivity contribution in [2.24, 2.45) is 0 Å². The molecule has 1 aliphatic carbocycles. The quantitative estimate of drug-likeness (QED) is 0.781. The van der Waals surface area contributed by atoms with Crippen molar-refractivity contribution in [2.75, 3.05) is 6.61 Å². The predicted molar refractivity (Wildman–Crippen MR) is 88.8 cm³/mol. The van der Waals surface area contributed by atoms with E-state index in [4.69, 9.17) is 4.74 Å². The molecular weight excluding hydrogens is 258 g/mol. The minimum absolute atomic E-state index is 0.308. The summed E-state index contributed by atoms with van der Waals surface area (Å²) in [6.07, 6.45) is 2.58. The van der Waals surface area contributed by atoms with E-state index >= 15 is 0 Å². The first-order valence-electron chi connectivity index (χ1n) is 7.70. The van der Waals surface area contributed by atoms with E-state index in [9.17, 15) is 0 Å². The van der Waals surface area contributed by atoms with Crippen molar-refractivity contribution >= 4 is 10.8 Å². The molecule has 2 aromatic rings. The Bertz CT molecular complexity index is 658. The first-order valence-corrected chi connectivity index (χ1v) is 7.70. The third kappa shape index (κ3) is 3.27. The number of hydrogen-bond donors (Lipinski definition) is 1. The highest BCUT2D eigenvalue weighted by molar-refractivity contribution is 5.89. The van der Waals surface area contributed by atoms with Crippen LogP contribution in [0.5, 0.6) is 5.75 Å². The molecule has 3 rings (SSSR count). The molecule has 2 aromatic carbocycles. The molecule has 0 amide bonds. The van der Waals surface area contributed by atoms with Gasteiger partial charge in [0.2, 0.25) is 0 Å². The first kappa shape index (κ1) is 14.2. The summed E-state index contributed by atoms with van der Waals surface area (Å²) in [6.45, 7) is 8.72. The molecule has 1 saturated carbocycles. The van der Waals surface area contributed by atoms with Gasteiger partial charge in [-0.2, -0.15) is 0 Å². The topological polar surface area (TPSA) is 21.3 Å². The highest BCUT2D eigenvalue weighted by Gasteiger charge is 2.25. The molecular formula is C19H23NO. The molecule has 2 heteroatoms. The summed E-state index contributed by atoms with van der Waals surface area (Å²) in [4.78, 5) is 0. The molecule has 21 heavy (non-hydrogen) atoms. The lowest BCUT2D eigenvalue weighted by atomic mass is 10.0. The number of hydrogen-bond acceptors (Lipinski definition) is 2. The summed E-state index contributed by atoms with van der Waals surface area (Å²) >= 11 is 0. The maximum Gasteiger partial charge on any atom is 0.132 e. The van der Waals surface area contributed by atoms with Crippen LogP contribution in [0.25, 0.3) is 10.8 Å². The van der Waals surface area contributed by atoms with E-state index in [0.717, 1.165) is 11.3 Å². The van der Waals surface area contributed by atoms with E-state index in [2.05, 4.69) is 55.2 Å². The minimum Gasteiger partial charge on any atom is -0.488 e. The molecule has 0 saturated heterocycles. The van der Waals surface area contributed by atoms with Crippen molar-refractivity contribution in [3.63, 3.8) is 0 Å². The fourth-order valence-electron chi connectivity index (χ4n) is 2.65. The molecule has 0 heterocycles. The highest BCUT2D eigenvalue weighted by atomic mass is 16.5. The van der Waals surface area contributed by atoms with Gasteiger partial charge in [0.1, 0.15) is 12.4 Å². The summed E-state index contributed by atoms with van der Waals surface area (Å²) in [7, 11) is 0. The zero-order valence-corrected chi connectivity index (χ0v) is 12.9. The summed E-state index contributed by atoms with van der Waals surface area (Å²) in [5, 5.41) is 6.06. The van der Waals surface area contributed by atoms with Crippen LogP contribution < -0.4 is 10.1 Å². The molecule has 2 nitrogen and oxygen atoms in total. The van der Waals surface area contributed by atoms with E-state index in [0.29, 0.717) is 18.7 Å². The second-order valence-corrected chi connectivity index (χ2v) is 6.11. The molecule has 0 bridgehead atoms. The molecule has 1 atom stereocenters. The van der Waals surface area contributed by atoms with Crippen LogP contribution in [0.3, 0.4) is 0 Å². The average molecular weight is 281 g/mol. The minimum atomic E-state index is 0.308. The van der Waals surface area contributed by atoms with Gasteiger partial charge in [-0.25, -0.2) is 0 Å². The van der Waals surface area contributed by atoms with Crippen molar-refractivity contribution in [1.29, 1.82) is 0 Å². The summed E-state index contributed by atoms with van der Waals surface area (Å²) in [5.41, 5.74) is 2.28. The maximum absolute atomic E-state index is 6.10. The van der Waals surface area contributed by atoms with Gasteiger partial charge in [-0.05, 0) is 37.6 Å². The highest BCUT2D eigenvalue weighted by Crippen LogP contribution is 2.35. The zero-order chi connectivity index (χ0) is 14.8. The van der Waals surface area contributed by atoms with Crippen LogP contribution in [0.1, 0.15) is 38.3 Å². The fraction of sp³-hybridized carbons (Fsp3) is 0.368. The molecule has 0 aromatic heterocycles. The Labute approximate surface area is 126 Å². The second-order valence-electron chi connectivity index (χ2n) is 6.11. The second kappa shape index (κ2) is 5.90. The normalized spacial score (nSPS) is 15.9. The van der Waals surface area contributed by atoms with Gasteiger partial charge in [-0.15, -0.1) is 0 Å². The van der Waals surface area contributed by atoms with Gasteiger partial charge in [-0.3, -0.25) is 0 Å². The molecule has 0 spiro atoms. The SMILES string of the molecule is C=C(C)COc1c(C(C)NC2CC2)ccc2ccccc12. The van der Waals surface area contributed by atoms with E-state index in [1.807, 2.05) is 6.92 Å². The third-order valence-electron chi connectivity index (χ3n) is 3.90. The number of rotatable bonds is 6. The molecule has 1 unspecified atom stereocenters. The lowest BCUT2D eigenvalue weighted by Gasteiger charge is -2.20. The van der Waals surface area contributed by atoms with Crippen LogP contribution in [0, 0.1) is 0 Å². The Balaban J connectivity index is 1.99. The van der Waals surface area contributed by atoms with Gasteiger partial charge in [-0.1, -0.05) is 43.0 Å². The van der Waals surface area contributed by atoms with Crippen LogP contribution in [-0.2, 0) is 0 Å². The van der Waals surface area contributed by atoms with Gasteiger partial charge in [0.15, 0.2) is 0 Å². The first-order chi connectivity index (χ1) is 10.1. The number of nitrogens with one attached hydrogen (secondary N) is 1. The van der Waals surface area contributed by atoms with Gasteiger partial charge in [0, 0.05) is 23.0 Å². The van der Waals surface area contributed by atoms with Crippen LogP contribution in [0.15, 0.2) is 48.6 Å². The van der Waals surface area contributed by atoms with Crippen LogP contribution in [0.2, 0.25) is 0 Å². The lowest BCUT2D eigenvalue weighted by molar-refractivity contribution is 0.348. The average Bonchev–Trinajstić information content (AvgIpc) is 3.28. The number of ether oxygens (including phenoxy) is 1. The summed E-state index contributed by atoms with van der Waals surface area (Å²) in [5.74, 6) is 0.997. The maximum atomic E-state index is 6.10. The molecule has 0 aliphatic heterocycles. The predicted octanol–water partition coefficient (Wildman–Crippen LogP) is 4.61. The van der Waals surface area contributed by atoms with Gasteiger partial charge in [0.25, 0.3) is 0 Å². The Morgan fingerprint density at radius 1 is 1.29 bits per heavy atom. The Kier molecular flexibility index (Phi) is 3.98. The van der Waals surface area contributed by atoms with Crippen molar-refractivity contribution in [3.05, 3.63) is 54.1 Å². The molecule has 1 fully saturated rings. The van der Waals surface area contributed by atoms with Gasteiger partial charge < -0.3 is 10.1 Å². The molecule has 1 aliphatic rings. The smallest absolute Gasteiger partial charge is 0.132 e. The Hall–Kier alpha value is -1.80. The number of fused-ring (bicyclic) bond motifs is 1. The summed E-state index contributed by atoms with van der Waals surface area (Å²) in [6, 6.07) is 13.8. The zero-order valence-electron chi connectivity index (χ0n) is 12.9. The van der Waals surface area contributed by atoms with Crippen molar-refractivity contribution in [2.45, 2.75) is 38.8 Å². The monoisotopic (exact) mass is 281 g/mol. The van der Waals surface area contributed by atoms with Crippen molar-refractivity contribution < 1.29 is 4.74 Å². The van der Waals surface area contributed by atoms with E-state index < -0.39 is 0 Å². The molecule has 110 valence electrons. The fourth-order valence-corrected chi connectivity index (χ4v) is 2.65. The molecule has 0 radical (unpaired) electrons.